The number of aromatic nitrogens is 5. The van der Waals surface area contributed by atoms with E-state index >= 15 is 0 Å². The van der Waals surface area contributed by atoms with E-state index in [1.54, 1.807) is 55.8 Å². The van der Waals surface area contributed by atoms with Crippen LogP contribution in [0, 0.1) is 18.3 Å². The average Bonchev–Trinajstić information content (AvgIpc) is 3.19. The van der Waals surface area contributed by atoms with Crippen molar-refractivity contribution in [2.75, 3.05) is 5.32 Å². The number of aryl methyl sites for hydroxylation is 1. The first-order valence-corrected chi connectivity index (χ1v) is 10.3. The van der Waals surface area contributed by atoms with Crippen molar-refractivity contribution in [2.24, 2.45) is 5.73 Å². The summed E-state index contributed by atoms with van der Waals surface area (Å²) in [6, 6.07) is 10.6. The zero-order valence-corrected chi connectivity index (χ0v) is 18.7. The van der Waals surface area contributed by atoms with Gasteiger partial charge in [-0.15, -0.1) is 0 Å². The van der Waals surface area contributed by atoms with Gasteiger partial charge in [0, 0.05) is 34.9 Å². The number of aromatic amines is 1. The van der Waals surface area contributed by atoms with Crippen molar-refractivity contribution in [3.05, 3.63) is 76.0 Å². The second-order valence-electron chi connectivity index (χ2n) is 7.33. The molecule has 10 heteroatoms. The van der Waals surface area contributed by atoms with Crippen LogP contribution in [0.5, 0.6) is 0 Å². The Balaban J connectivity index is 1.85. The molecule has 32 heavy (non-hydrogen) atoms. The average molecular weight is 465 g/mol. The van der Waals surface area contributed by atoms with Crippen molar-refractivity contribution >= 4 is 29.0 Å². The second kappa shape index (κ2) is 8.55. The quantitative estimate of drug-likeness (QED) is 0.366. The van der Waals surface area contributed by atoms with E-state index < -0.39 is 5.66 Å². The molecule has 0 aliphatic rings. The number of benzene rings is 1. The van der Waals surface area contributed by atoms with Crippen molar-refractivity contribution in [1.82, 2.24) is 24.9 Å². The van der Waals surface area contributed by atoms with Crippen LogP contribution in [-0.4, -0.2) is 24.9 Å². The van der Waals surface area contributed by atoms with E-state index in [0.29, 0.717) is 44.1 Å². The maximum atomic E-state index is 9.36. The molecular formula is C22H18Cl2N8. The van der Waals surface area contributed by atoms with Crippen LogP contribution in [0.2, 0.25) is 10.0 Å². The highest BCUT2D eigenvalue weighted by Gasteiger charge is 2.28. The third kappa shape index (κ3) is 4.27. The fraction of sp³-hybridized carbons (Fsp3) is 0.136. The Hall–Kier alpha value is -3.51. The molecule has 0 aliphatic heterocycles. The van der Waals surface area contributed by atoms with Crippen LogP contribution in [0.4, 0.5) is 5.82 Å². The number of hydrogen-bond donors (Lipinski definition) is 3. The lowest BCUT2D eigenvalue weighted by Gasteiger charge is -2.26. The van der Waals surface area contributed by atoms with Gasteiger partial charge in [0.15, 0.2) is 5.82 Å². The summed E-state index contributed by atoms with van der Waals surface area (Å²) in [6.07, 6.45) is 4.92. The fourth-order valence-corrected chi connectivity index (χ4v) is 3.64. The van der Waals surface area contributed by atoms with Crippen molar-refractivity contribution in [2.45, 2.75) is 19.5 Å². The second-order valence-corrected chi connectivity index (χ2v) is 8.18. The number of nitriles is 1. The lowest BCUT2D eigenvalue weighted by Crippen LogP contribution is -2.43. The van der Waals surface area contributed by atoms with Gasteiger partial charge in [-0.05, 0) is 44.2 Å². The van der Waals surface area contributed by atoms with Crippen LogP contribution in [0.25, 0.3) is 22.6 Å². The largest absolute Gasteiger partial charge is 0.345 e. The van der Waals surface area contributed by atoms with Crippen LogP contribution in [0.15, 0.2) is 48.9 Å². The molecule has 1 unspecified atom stereocenters. The molecule has 3 aromatic heterocycles. The molecule has 8 nitrogen and oxygen atoms in total. The van der Waals surface area contributed by atoms with E-state index in [0.717, 1.165) is 5.69 Å². The Labute approximate surface area is 194 Å². The Kier molecular flexibility index (Phi) is 5.80. The summed E-state index contributed by atoms with van der Waals surface area (Å²) < 4.78 is 0. The van der Waals surface area contributed by atoms with Gasteiger partial charge in [-0.25, -0.2) is 19.9 Å². The Morgan fingerprint density at radius 3 is 2.62 bits per heavy atom. The van der Waals surface area contributed by atoms with E-state index in [9.17, 15) is 5.26 Å². The molecule has 0 fully saturated rings. The van der Waals surface area contributed by atoms with Crippen molar-refractivity contribution in [3.63, 3.8) is 0 Å². The summed E-state index contributed by atoms with van der Waals surface area (Å²) in [7, 11) is 0. The first-order valence-electron chi connectivity index (χ1n) is 9.55. The summed E-state index contributed by atoms with van der Waals surface area (Å²) in [5, 5.41) is 13.4. The summed E-state index contributed by atoms with van der Waals surface area (Å²) in [4.78, 5) is 21.0. The zero-order valence-electron chi connectivity index (χ0n) is 17.2. The van der Waals surface area contributed by atoms with Crippen LogP contribution in [-0.2, 0) is 5.66 Å². The van der Waals surface area contributed by atoms with E-state index in [1.807, 2.05) is 6.92 Å². The van der Waals surface area contributed by atoms with Crippen molar-refractivity contribution in [1.29, 1.82) is 5.26 Å². The van der Waals surface area contributed by atoms with Gasteiger partial charge in [0.05, 0.1) is 21.8 Å². The summed E-state index contributed by atoms with van der Waals surface area (Å²) in [5.41, 5.74) is 8.36. The maximum Gasteiger partial charge on any atom is 0.169 e. The van der Waals surface area contributed by atoms with E-state index in [4.69, 9.17) is 33.9 Å². The molecule has 0 aliphatic carbocycles. The molecule has 0 spiro atoms. The summed E-state index contributed by atoms with van der Waals surface area (Å²) in [5.74, 6) is 1.21. The van der Waals surface area contributed by atoms with Crippen molar-refractivity contribution in [3.8, 4) is 28.7 Å². The van der Waals surface area contributed by atoms with Crippen LogP contribution >= 0.6 is 23.2 Å². The molecule has 4 aromatic rings. The van der Waals surface area contributed by atoms with Gasteiger partial charge in [0.2, 0.25) is 0 Å². The van der Waals surface area contributed by atoms with Crippen LogP contribution in [0.3, 0.4) is 0 Å². The number of nitrogens with zero attached hydrogens (tertiary/aromatic N) is 5. The number of anilines is 1. The van der Waals surface area contributed by atoms with E-state index in [2.05, 4.69) is 31.3 Å². The molecule has 160 valence electrons. The number of pyridine rings is 1. The molecule has 0 saturated carbocycles. The molecular weight excluding hydrogens is 447 g/mol. The van der Waals surface area contributed by atoms with Gasteiger partial charge >= 0.3 is 0 Å². The first kappa shape index (κ1) is 21.7. The third-order valence-electron chi connectivity index (χ3n) is 4.70. The minimum Gasteiger partial charge on any atom is -0.345 e. The van der Waals surface area contributed by atoms with E-state index in [1.165, 1.54) is 0 Å². The monoisotopic (exact) mass is 464 g/mol. The SMILES string of the molecule is Cc1cnc(-c2cnc(C(C)(N)Nc3ncccc3C#N)nc2-c2ccc(Cl)cc2Cl)[nH]1. The van der Waals surface area contributed by atoms with Gasteiger partial charge in [0.1, 0.15) is 23.4 Å². The number of nitrogens with one attached hydrogen (secondary N) is 2. The van der Waals surface area contributed by atoms with Gasteiger partial charge in [-0.3, -0.25) is 0 Å². The predicted octanol–water partition coefficient (Wildman–Crippen LogP) is 4.66. The number of imidazole rings is 1. The first-order chi connectivity index (χ1) is 15.3. The van der Waals surface area contributed by atoms with Gasteiger partial charge in [0.25, 0.3) is 0 Å². The van der Waals surface area contributed by atoms with Crippen molar-refractivity contribution < 1.29 is 0 Å². The van der Waals surface area contributed by atoms with Crippen LogP contribution < -0.4 is 11.1 Å². The molecule has 4 N–H and O–H groups in total. The zero-order chi connectivity index (χ0) is 22.9. The minimum atomic E-state index is -1.24. The topological polar surface area (TPSA) is 129 Å². The Morgan fingerprint density at radius 1 is 1.12 bits per heavy atom. The predicted molar refractivity (Wildman–Crippen MR) is 124 cm³/mol. The van der Waals surface area contributed by atoms with Gasteiger partial charge in [-0.2, -0.15) is 5.26 Å². The molecule has 1 atom stereocenters. The highest BCUT2D eigenvalue weighted by atomic mass is 35.5. The lowest BCUT2D eigenvalue weighted by atomic mass is 10.1. The molecule has 0 amide bonds. The van der Waals surface area contributed by atoms with Gasteiger partial charge < -0.3 is 16.0 Å². The number of rotatable bonds is 5. The number of hydrogen-bond acceptors (Lipinski definition) is 7. The Morgan fingerprint density at radius 2 is 1.94 bits per heavy atom. The molecule has 0 radical (unpaired) electrons. The molecule has 4 rings (SSSR count). The van der Waals surface area contributed by atoms with E-state index in [-0.39, 0.29) is 5.82 Å². The normalized spacial score (nSPS) is 12.8. The van der Waals surface area contributed by atoms with Crippen LogP contribution in [0.1, 0.15) is 24.0 Å². The molecule has 0 saturated heterocycles. The summed E-state index contributed by atoms with van der Waals surface area (Å²) in [6.45, 7) is 3.60. The number of H-pyrrole nitrogens is 1. The minimum absolute atomic E-state index is 0.278. The number of nitrogens with two attached hydrogens (primary N) is 1. The summed E-state index contributed by atoms with van der Waals surface area (Å²) >= 11 is 12.6. The standard InChI is InChI=1S/C22H18Cl2N8/c1-12-10-28-20(30-12)16-11-29-21(31-18(16)15-6-5-14(23)8-17(15)24)22(2,26)32-19-13(9-25)4-3-7-27-19/h3-8,10-11H,26H2,1-2H3,(H,27,32)(H,28,30). The smallest absolute Gasteiger partial charge is 0.169 e. The Bertz CT molecular complexity index is 1340. The molecule has 1 aromatic carbocycles. The molecule has 0 bridgehead atoms. The maximum absolute atomic E-state index is 9.36. The fourth-order valence-electron chi connectivity index (χ4n) is 3.14. The highest BCUT2D eigenvalue weighted by molar-refractivity contribution is 6.36. The third-order valence-corrected chi connectivity index (χ3v) is 5.25. The lowest BCUT2D eigenvalue weighted by molar-refractivity contribution is 0.529. The van der Waals surface area contributed by atoms with Gasteiger partial charge in [-0.1, -0.05) is 23.2 Å². The highest BCUT2D eigenvalue weighted by Crippen LogP contribution is 2.35. The number of halogens is 2. The molecule has 3 heterocycles.